The predicted molar refractivity (Wildman–Crippen MR) is 98.5 cm³/mol. The summed E-state index contributed by atoms with van der Waals surface area (Å²) in [6.07, 6.45) is 3.37. The normalized spacial score (nSPS) is 10.7. The molecule has 0 bridgehead atoms. The highest BCUT2D eigenvalue weighted by molar-refractivity contribution is 5.72. The topological polar surface area (TPSA) is 82.5 Å². The van der Waals surface area contributed by atoms with Crippen LogP contribution in [0.4, 0.5) is 0 Å². The van der Waals surface area contributed by atoms with Gasteiger partial charge in [0.05, 0.1) is 30.8 Å². The minimum atomic E-state index is 0.00957. The third-order valence-electron chi connectivity index (χ3n) is 4.06. The van der Waals surface area contributed by atoms with Gasteiger partial charge in [0.15, 0.2) is 11.5 Å². The molecule has 2 aromatic carbocycles. The summed E-state index contributed by atoms with van der Waals surface area (Å²) in [4.78, 5) is 0. The van der Waals surface area contributed by atoms with Gasteiger partial charge in [0, 0.05) is 6.07 Å². The molecule has 7 nitrogen and oxygen atoms in total. The van der Waals surface area contributed by atoms with E-state index in [1.165, 1.54) is 13.2 Å². The zero-order valence-electron chi connectivity index (χ0n) is 14.8. The van der Waals surface area contributed by atoms with Crippen LogP contribution < -0.4 is 9.47 Å². The van der Waals surface area contributed by atoms with Crippen molar-refractivity contribution in [3.63, 3.8) is 0 Å². The molecule has 0 radical (unpaired) electrons. The lowest BCUT2D eigenvalue weighted by Gasteiger charge is -2.07. The van der Waals surface area contributed by atoms with Crippen LogP contribution in [0.5, 0.6) is 23.0 Å². The van der Waals surface area contributed by atoms with Gasteiger partial charge in [-0.1, -0.05) is 23.4 Å². The predicted octanol–water partition coefficient (Wildman–Crippen LogP) is 4.34. The third kappa shape index (κ3) is 3.22. The molecular weight excluding hydrogens is 346 g/mol. The van der Waals surface area contributed by atoms with E-state index in [9.17, 15) is 5.11 Å². The molecule has 0 aliphatic carbocycles. The maximum absolute atomic E-state index is 10.3. The van der Waals surface area contributed by atoms with Crippen molar-refractivity contribution in [2.45, 2.75) is 6.92 Å². The van der Waals surface area contributed by atoms with E-state index >= 15 is 0 Å². The second kappa shape index (κ2) is 6.87. The Morgan fingerprint density at radius 2 is 1.89 bits per heavy atom. The number of benzene rings is 2. The number of rotatable bonds is 5. The van der Waals surface area contributed by atoms with Crippen molar-refractivity contribution in [2.24, 2.45) is 0 Å². The van der Waals surface area contributed by atoms with Gasteiger partial charge in [0.1, 0.15) is 17.2 Å². The number of aromatic hydroxyl groups is 1. The zero-order chi connectivity index (χ0) is 18.8. The van der Waals surface area contributed by atoms with E-state index in [2.05, 4.69) is 10.3 Å². The summed E-state index contributed by atoms with van der Waals surface area (Å²) in [6, 6.07) is 14.6. The molecule has 0 amide bonds. The van der Waals surface area contributed by atoms with Crippen LogP contribution in [0.3, 0.4) is 0 Å². The van der Waals surface area contributed by atoms with Gasteiger partial charge in [0.2, 0.25) is 5.76 Å². The molecule has 0 spiro atoms. The zero-order valence-corrected chi connectivity index (χ0v) is 14.8. The largest absolute Gasteiger partial charge is 0.507 e. The van der Waals surface area contributed by atoms with E-state index in [1.807, 2.05) is 30.3 Å². The lowest BCUT2D eigenvalue weighted by atomic mass is 10.1. The first-order valence-electron chi connectivity index (χ1n) is 8.27. The quantitative estimate of drug-likeness (QED) is 0.568. The minimum Gasteiger partial charge on any atom is -0.507 e. The summed E-state index contributed by atoms with van der Waals surface area (Å²) in [6.45, 7) is 1.77. The minimum absolute atomic E-state index is 0.00957. The SMILES string of the molecule is COc1ccc(-c2onc(C)c2Oc2cnn(-c3ccccc3)c2)c(O)c1. The van der Waals surface area contributed by atoms with Gasteiger partial charge in [-0.05, 0) is 31.2 Å². The highest BCUT2D eigenvalue weighted by atomic mass is 16.5. The molecule has 0 saturated heterocycles. The molecule has 0 fully saturated rings. The molecule has 27 heavy (non-hydrogen) atoms. The lowest BCUT2D eigenvalue weighted by molar-refractivity contribution is 0.403. The van der Waals surface area contributed by atoms with Crippen LogP contribution in [0.1, 0.15) is 5.69 Å². The molecule has 0 aliphatic rings. The van der Waals surface area contributed by atoms with Crippen LogP contribution in [0, 0.1) is 6.92 Å². The summed E-state index contributed by atoms with van der Waals surface area (Å²) >= 11 is 0. The number of ether oxygens (including phenoxy) is 2. The van der Waals surface area contributed by atoms with Crippen molar-refractivity contribution < 1.29 is 19.1 Å². The molecule has 0 atom stereocenters. The van der Waals surface area contributed by atoms with Crippen molar-refractivity contribution in [3.05, 3.63) is 66.6 Å². The molecule has 4 aromatic rings. The van der Waals surface area contributed by atoms with Gasteiger partial charge >= 0.3 is 0 Å². The molecule has 0 aliphatic heterocycles. The van der Waals surface area contributed by atoms with Gasteiger partial charge in [-0.25, -0.2) is 4.68 Å². The Kier molecular flexibility index (Phi) is 4.25. The maximum Gasteiger partial charge on any atom is 0.213 e. The Morgan fingerprint density at radius 3 is 2.63 bits per heavy atom. The lowest BCUT2D eigenvalue weighted by Crippen LogP contribution is -1.92. The van der Waals surface area contributed by atoms with Gasteiger partial charge < -0.3 is 19.1 Å². The van der Waals surface area contributed by atoms with Crippen LogP contribution in [0.2, 0.25) is 0 Å². The van der Waals surface area contributed by atoms with E-state index in [4.69, 9.17) is 14.0 Å². The number of phenols is 1. The van der Waals surface area contributed by atoms with Crippen molar-refractivity contribution in [1.29, 1.82) is 0 Å². The van der Waals surface area contributed by atoms with E-state index in [1.54, 1.807) is 36.1 Å². The number of aromatic nitrogens is 3. The first-order valence-corrected chi connectivity index (χ1v) is 8.27. The summed E-state index contributed by atoms with van der Waals surface area (Å²) in [5, 5.41) is 18.6. The monoisotopic (exact) mass is 363 g/mol. The van der Waals surface area contributed by atoms with E-state index in [0.29, 0.717) is 34.3 Å². The van der Waals surface area contributed by atoms with Gasteiger partial charge in [0.25, 0.3) is 0 Å². The molecule has 0 saturated carbocycles. The summed E-state index contributed by atoms with van der Waals surface area (Å²) in [5.41, 5.74) is 1.94. The third-order valence-corrected chi connectivity index (χ3v) is 4.06. The average Bonchev–Trinajstić information content (AvgIpc) is 3.30. The molecule has 2 aromatic heterocycles. The first kappa shape index (κ1) is 16.7. The number of hydrogen-bond donors (Lipinski definition) is 1. The average molecular weight is 363 g/mol. The summed E-state index contributed by atoms with van der Waals surface area (Å²) in [7, 11) is 1.53. The van der Waals surface area contributed by atoms with E-state index in [-0.39, 0.29) is 5.75 Å². The van der Waals surface area contributed by atoms with Gasteiger partial charge in [-0.15, -0.1) is 0 Å². The Morgan fingerprint density at radius 1 is 1.07 bits per heavy atom. The number of methoxy groups -OCH3 is 1. The highest BCUT2D eigenvalue weighted by Gasteiger charge is 2.21. The van der Waals surface area contributed by atoms with Crippen LogP contribution >= 0.6 is 0 Å². The van der Waals surface area contributed by atoms with E-state index in [0.717, 1.165) is 5.69 Å². The molecule has 0 unspecified atom stereocenters. The fourth-order valence-corrected chi connectivity index (χ4v) is 2.68. The molecule has 2 heterocycles. The smallest absolute Gasteiger partial charge is 0.213 e. The Balaban J connectivity index is 1.66. The van der Waals surface area contributed by atoms with Crippen LogP contribution in [-0.4, -0.2) is 27.2 Å². The summed E-state index contributed by atoms with van der Waals surface area (Å²) in [5.74, 6) is 1.83. The molecular formula is C20H17N3O4. The second-order valence-corrected chi connectivity index (χ2v) is 5.87. The number of para-hydroxylation sites is 1. The van der Waals surface area contributed by atoms with E-state index < -0.39 is 0 Å². The van der Waals surface area contributed by atoms with Crippen molar-refractivity contribution in [1.82, 2.24) is 14.9 Å². The van der Waals surface area contributed by atoms with Gasteiger partial charge in [-0.3, -0.25) is 0 Å². The Labute approximate surface area is 155 Å². The molecule has 136 valence electrons. The van der Waals surface area contributed by atoms with Gasteiger partial charge in [-0.2, -0.15) is 5.10 Å². The fourth-order valence-electron chi connectivity index (χ4n) is 2.68. The van der Waals surface area contributed by atoms with Crippen molar-refractivity contribution in [2.75, 3.05) is 7.11 Å². The standard InChI is InChI=1S/C20H17N3O4/c1-13-19(20(27-22-13)17-9-8-15(25-2)10-18(17)24)26-16-11-21-23(12-16)14-6-4-3-5-7-14/h3-12,24H,1-2H3. The Hall–Kier alpha value is -3.74. The Bertz CT molecular complexity index is 1070. The highest BCUT2D eigenvalue weighted by Crippen LogP contribution is 2.41. The van der Waals surface area contributed by atoms with Crippen LogP contribution in [0.15, 0.2) is 65.4 Å². The first-order chi connectivity index (χ1) is 13.2. The molecule has 1 N–H and O–H groups in total. The number of hydrogen-bond acceptors (Lipinski definition) is 6. The maximum atomic E-state index is 10.3. The van der Waals surface area contributed by atoms with Crippen LogP contribution in [-0.2, 0) is 0 Å². The second-order valence-electron chi connectivity index (χ2n) is 5.87. The van der Waals surface area contributed by atoms with Crippen molar-refractivity contribution in [3.8, 4) is 40.0 Å². The van der Waals surface area contributed by atoms with Crippen molar-refractivity contribution >= 4 is 0 Å². The number of nitrogens with zero attached hydrogens (tertiary/aromatic N) is 3. The molecule has 7 heteroatoms. The number of aryl methyl sites for hydroxylation is 1. The fraction of sp³-hybridized carbons (Fsp3) is 0.100. The number of phenolic OH excluding ortho intramolecular Hbond substituents is 1. The summed E-state index contributed by atoms with van der Waals surface area (Å²) < 4.78 is 18.2. The van der Waals surface area contributed by atoms with Crippen LogP contribution in [0.25, 0.3) is 17.0 Å². The molecule has 4 rings (SSSR count).